The van der Waals surface area contributed by atoms with Crippen LogP contribution in [-0.4, -0.2) is 32.4 Å². The van der Waals surface area contributed by atoms with E-state index < -0.39 is 24.1 Å². The van der Waals surface area contributed by atoms with E-state index in [9.17, 15) is 4.39 Å². The van der Waals surface area contributed by atoms with Crippen LogP contribution in [-0.2, 0) is 9.31 Å². The smallest absolute Gasteiger partial charge is 0.399 e. The standard InChI is InChI=1S/C20H25BFN3O2/c1-19(2)20(3,4)27-21(26-19)14-7-12-18(17(22)13-14)24-23-15-8-10-16(11-9-15)25(5)6/h7-13H,1-6H3/b24-23+. The third-order valence-corrected chi connectivity index (χ3v) is 5.14. The zero-order chi connectivity index (χ0) is 19.8. The fraction of sp³-hybridized carbons (Fsp3) is 0.400. The molecule has 0 aromatic heterocycles. The average Bonchev–Trinajstić information content (AvgIpc) is 2.82. The molecule has 1 heterocycles. The minimum absolute atomic E-state index is 0.173. The second-order valence-corrected chi connectivity index (χ2v) is 7.91. The van der Waals surface area contributed by atoms with Gasteiger partial charge in [0, 0.05) is 19.8 Å². The van der Waals surface area contributed by atoms with Crippen LogP contribution in [0.15, 0.2) is 52.7 Å². The van der Waals surface area contributed by atoms with Crippen molar-refractivity contribution in [2.75, 3.05) is 19.0 Å². The highest BCUT2D eigenvalue weighted by molar-refractivity contribution is 6.62. The normalized spacial score (nSPS) is 18.3. The predicted octanol–water partition coefficient (Wildman–Crippen LogP) is 4.61. The molecule has 0 aliphatic carbocycles. The van der Waals surface area contributed by atoms with Gasteiger partial charge in [0.2, 0.25) is 0 Å². The molecule has 5 nitrogen and oxygen atoms in total. The first kappa shape index (κ1) is 19.5. The summed E-state index contributed by atoms with van der Waals surface area (Å²) in [5, 5.41) is 8.15. The highest BCUT2D eigenvalue weighted by atomic mass is 19.1. The molecule has 0 N–H and O–H groups in total. The van der Waals surface area contributed by atoms with Crippen molar-refractivity contribution in [2.45, 2.75) is 38.9 Å². The van der Waals surface area contributed by atoms with E-state index in [4.69, 9.17) is 9.31 Å². The maximum Gasteiger partial charge on any atom is 0.494 e. The van der Waals surface area contributed by atoms with Crippen LogP contribution in [0.4, 0.5) is 21.5 Å². The second kappa shape index (κ2) is 7.05. The van der Waals surface area contributed by atoms with Gasteiger partial charge in [0.25, 0.3) is 0 Å². The van der Waals surface area contributed by atoms with E-state index in [-0.39, 0.29) is 5.69 Å². The third-order valence-electron chi connectivity index (χ3n) is 5.14. The summed E-state index contributed by atoms with van der Waals surface area (Å²) in [4.78, 5) is 2.00. The molecule has 1 saturated heterocycles. The molecule has 2 aromatic rings. The Hall–Kier alpha value is -2.25. The molecule has 142 valence electrons. The highest BCUT2D eigenvalue weighted by Crippen LogP contribution is 2.36. The molecule has 0 spiro atoms. The Labute approximate surface area is 160 Å². The Bertz CT molecular complexity index is 835. The summed E-state index contributed by atoms with van der Waals surface area (Å²) in [5.74, 6) is -0.462. The molecule has 27 heavy (non-hydrogen) atoms. The van der Waals surface area contributed by atoms with E-state index in [0.29, 0.717) is 11.2 Å². The Morgan fingerprint density at radius 1 is 0.889 bits per heavy atom. The van der Waals surface area contributed by atoms with Crippen molar-refractivity contribution in [1.29, 1.82) is 0 Å². The summed E-state index contributed by atoms with van der Waals surface area (Å²) in [6.07, 6.45) is 0. The number of hydrogen-bond donors (Lipinski definition) is 0. The van der Waals surface area contributed by atoms with Crippen LogP contribution in [0.5, 0.6) is 0 Å². The van der Waals surface area contributed by atoms with Crippen molar-refractivity contribution in [1.82, 2.24) is 0 Å². The minimum Gasteiger partial charge on any atom is -0.399 e. The van der Waals surface area contributed by atoms with E-state index in [1.54, 1.807) is 12.1 Å². The van der Waals surface area contributed by atoms with Gasteiger partial charge >= 0.3 is 7.12 Å². The van der Waals surface area contributed by atoms with Crippen molar-refractivity contribution in [3.8, 4) is 0 Å². The zero-order valence-electron chi connectivity index (χ0n) is 16.7. The summed E-state index contributed by atoms with van der Waals surface area (Å²) in [7, 11) is 3.33. The number of benzene rings is 2. The summed E-state index contributed by atoms with van der Waals surface area (Å²) in [5.41, 5.74) is 1.59. The van der Waals surface area contributed by atoms with E-state index in [1.165, 1.54) is 6.07 Å². The fourth-order valence-electron chi connectivity index (χ4n) is 2.66. The van der Waals surface area contributed by atoms with Crippen molar-refractivity contribution in [3.05, 3.63) is 48.3 Å². The lowest BCUT2D eigenvalue weighted by atomic mass is 9.79. The van der Waals surface area contributed by atoms with Crippen molar-refractivity contribution < 1.29 is 13.7 Å². The maximum absolute atomic E-state index is 14.5. The molecule has 2 aromatic carbocycles. The van der Waals surface area contributed by atoms with Crippen LogP contribution >= 0.6 is 0 Å². The molecule has 0 unspecified atom stereocenters. The number of nitrogens with zero attached hydrogens (tertiary/aromatic N) is 3. The van der Waals surface area contributed by atoms with Crippen LogP contribution < -0.4 is 10.4 Å². The predicted molar refractivity (Wildman–Crippen MR) is 107 cm³/mol. The Kier molecular flexibility index (Phi) is 5.10. The van der Waals surface area contributed by atoms with E-state index in [2.05, 4.69) is 10.2 Å². The van der Waals surface area contributed by atoms with Crippen molar-refractivity contribution >= 4 is 29.6 Å². The zero-order valence-corrected chi connectivity index (χ0v) is 16.7. The average molecular weight is 369 g/mol. The first-order chi connectivity index (χ1) is 12.6. The van der Waals surface area contributed by atoms with Gasteiger partial charge in [0.15, 0.2) is 0 Å². The number of rotatable bonds is 4. The van der Waals surface area contributed by atoms with Crippen molar-refractivity contribution in [2.24, 2.45) is 10.2 Å². The molecular formula is C20H25BFN3O2. The molecule has 3 rings (SSSR count). The van der Waals surface area contributed by atoms with Gasteiger partial charge in [0.1, 0.15) is 11.5 Å². The summed E-state index contributed by atoms with van der Waals surface area (Å²) < 4.78 is 26.4. The van der Waals surface area contributed by atoms with Crippen LogP contribution in [0.25, 0.3) is 0 Å². The third kappa shape index (κ3) is 4.04. The first-order valence-electron chi connectivity index (χ1n) is 8.93. The summed E-state index contributed by atoms with van der Waals surface area (Å²) in [6, 6.07) is 12.3. The molecule has 1 fully saturated rings. The molecule has 7 heteroatoms. The lowest BCUT2D eigenvalue weighted by molar-refractivity contribution is 0.00578. The van der Waals surface area contributed by atoms with Crippen LogP contribution in [0.3, 0.4) is 0 Å². The van der Waals surface area contributed by atoms with Gasteiger partial charge in [-0.3, -0.25) is 0 Å². The fourth-order valence-corrected chi connectivity index (χ4v) is 2.66. The Morgan fingerprint density at radius 3 is 2.00 bits per heavy atom. The highest BCUT2D eigenvalue weighted by Gasteiger charge is 2.51. The molecule has 1 aliphatic heterocycles. The van der Waals surface area contributed by atoms with E-state index >= 15 is 0 Å². The summed E-state index contributed by atoms with van der Waals surface area (Å²) >= 11 is 0. The number of halogens is 1. The number of anilines is 1. The number of hydrogen-bond acceptors (Lipinski definition) is 5. The molecule has 0 radical (unpaired) electrons. The lowest BCUT2D eigenvalue weighted by Gasteiger charge is -2.32. The lowest BCUT2D eigenvalue weighted by Crippen LogP contribution is -2.41. The first-order valence-corrected chi connectivity index (χ1v) is 8.93. The van der Waals surface area contributed by atoms with Gasteiger partial charge in [0.05, 0.1) is 16.9 Å². The maximum atomic E-state index is 14.5. The molecule has 0 bridgehead atoms. The van der Waals surface area contributed by atoms with Crippen LogP contribution in [0, 0.1) is 5.82 Å². The summed E-state index contributed by atoms with van der Waals surface area (Å²) in [6.45, 7) is 7.86. The Balaban J connectivity index is 1.75. The minimum atomic E-state index is -0.603. The molecule has 0 atom stereocenters. The van der Waals surface area contributed by atoms with Crippen molar-refractivity contribution in [3.63, 3.8) is 0 Å². The van der Waals surface area contributed by atoms with Gasteiger partial charge in [-0.05, 0) is 69.6 Å². The Morgan fingerprint density at radius 2 is 1.48 bits per heavy atom. The SMILES string of the molecule is CN(C)c1ccc(/N=N/c2ccc(B3OC(C)(C)C(C)(C)O3)cc2F)cc1. The largest absolute Gasteiger partial charge is 0.494 e. The van der Waals surface area contributed by atoms with Gasteiger partial charge in [-0.15, -0.1) is 5.11 Å². The van der Waals surface area contributed by atoms with Gasteiger partial charge in [-0.2, -0.15) is 5.11 Å². The second-order valence-electron chi connectivity index (χ2n) is 7.91. The van der Waals surface area contributed by atoms with Gasteiger partial charge in [-0.25, -0.2) is 4.39 Å². The number of azo groups is 1. The van der Waals surface area contributed by atoms with Crippen LogP contribution in [0.2, 0.25) is 0 Å². The monoisotopic (exact) mass is 369 g/mol. The van der Waals surface area contributed by atoms with Gasteiger partial charge < -0.3 is 14.2 Å². The van der Waals surface area contributed by atoms with Crippen LogP contribution in [0.1, 0.15) is 27.7 Å². The molecule has 0 saturated carbocycles. The van der Waals surface area contributed by atoms with Gasteiger partial charge in [-0.1, -0.05) is 6.07 Å². The quantitative estimate of drug-likeness (QED) is 0.584. The topological polar surface area (TPSA) is 46.4 Å². The van der Waals surface area contributed by atoms with E-state index in [0.717, 1.165) is 5.69 Å². The molecule has 0 amide bonds. The molecule has 1 aliphatic rings. The molecular weight excluding hydrogens is 344 g/mol. The van der Waals surface area contributed by atoms with E-state index in [1.807, 2.05) is 71.0 Å².